The zero-order valence-corrected chi connectivity index (χ0v) is 18.7. The van der Waals surface area contributed by atoms with E-state index in [1.807, 2.05) is 0 Å². The number of nitrogens with zero attached hydrogens (tertiary/aromatic N) is 1. The van der Waals surface area contributed by atoms with Gasteiger partial charge in [0.05, 0.1) is 18.6 Å². The van der Waals surface area contributed by atoms with Crippen LogP contribution in [0.3, 0.4) is 0 Å². The lowest BCUT2D eigenvalue weighted by Crippen LogP contribution is -2.41. The molecule has 1 saturated heterocycles. The molecule has 0 radical (unpaired) electrons. The lowest BCUT2D eigenvalue weighted by molar-refractivity contribution is -0.122. The smallest absolute Gasteiger partial charge is 0.269 e. The van der Waals surface area contributed by atoms with Crippen molar-refractivity contribution in [3.63, 3.8) is 0 Å². The Balaban J connectivity index is 1.39. The Bertz CT molecular complexity index is 1020. The van der Waals surface area contributed by atoms with Crippen LogP contribution >= 0.6 is 0 Å². The van der Waals surface area contributed by atoms with Gasteiger partial charge in [0.15, 0.2) is 0 Å². The fraction of sp³-hybridized carbons (Fsp3) is 0.364. The normalized spacial score (nSPS) is 14.0. The fourth-order valence-corrected chi connectivity index (χ4v) is 4.73. The van der Waals surface area contributed by atoms with Gasteiger partial charge in [-0.3, -0.25) is 20.4 Å². The van der Waals surface area contributed by atoms with Crippen molar-refractivity contribution >= 4 is 21.8 Å². The van der Waals surface area contributed by atoms with Gasteiger partial charge in [-0.05, 0) is 67.8 Å². The van der Waals surface area contributed by atoms with Gasteiger partial charge in [-0.25, -0.2) is 8.42 Å². The van der Waals surface area contributed by atoms with E-state index in [0.717, 1.165) is 18.6 Å². The molecule has 172 valence electrons. The summed E-state index contributed by atoms with van der Waals surface area (Å²) in [6, 6.07) is 12.8. The SMILES string of the molecule is COc1ccc(OCCCC(=O)NNC(=O)c2ccc(S(=O)(=O)N3CCCC3)cc2)cc1. The van der Waals surface area contributed by atoms with Gasteiger partial charge in [0.2, 0.25) is 15.9 Å². The number of sulfonamides is 1. The number of carbonyl (C=O) groups is 2. The summed E-state index contributed by atoms with van der Waals surface area (Å²) < 4.78 is 37.1. The van der Waals surface area contributed by atoms with Crippen LogP contribution in [0, 0.1) is 0 Å². The van der Waals surface area contributed by atoms with Gasteiger partial charge in [0.25, 0.3) is 5.91 Å². The predicted molar refractivity (Wildman–Crippen MR) is 118 cm³/mol. The minimum absolute atomic E-state index is 0.150. The number of amides is 2. The Kier molecular flexibility index (Phi) is 8.07. The van der Waals surface area contributed by atoms with E-state index in [1.165, 1.54) is 28.6 Å². The predicted octanol–water partition coefficient (Wildman–Crippen LogP) is 2.10. The highest BCUT2D eigenvalue weighted by atomic mass is 32.2. The van der Waals surface area contributed by atoms with Gasteiger partial charge in [-0.15, -0.1) is 0 Å². The summed E-state index contributed by atoms with van der Waals surface area (Å²) in [6.07, 6.45) is 2.35. The monoisotopic (exact) mass is 461 g/mol. The number of benzene rings is 2. The zero-order chi connectivity index (χ0) is 23.0. The van der Waals surface area contributed by atoms with Gasteiger partial charge < -0.3 is 9.47 Å². The summed E-state index contributed by atoms with van der Waals surface area (Å²) in [4.78, 5) is 24.3. The minimum Gasteiger partial charge on any atom is -0.497 e. The first-order chi connectivity index (χ1) is 15.4. The van der Waals surface area contributed by atoms with E-state index in [1.54, 1.807) is 31.4 Å². The number of nitrogens with one attached hydrogen (secondary N) is 2. The first kappa shape index (κ1) is 23.6. The van der Waals surface area contributed by atoms with E-state index in [2.05, 4.69) is 10.9 Å². The molecule has 3 rings (SSSR count). The molecule has 1 heterocycles. The van der Waals surface area contributed by atoms with Gasteiger partial charge in [0, 0.05) is 25.1 Å². The molecule has 2 N–H and O–H groups in total. The van der Waals surface area contributed by atoms with Crippen LogP contribution in [0.5, 0.6) is 11.5 Å². The van der Waals surface area contributed by atoms with Gasteiger partial charge in [0.1, 0.15) is 11.5 Å². The van der Waals surface area contributed by atoms with Crippen LogP contribution in [0.4, 0.5) is 0 Å². The molecule has 0 saturated carbocycles. The second-order valence-corrected chi connectivity index (χ2v) is 9.20. The highest BCUT2D eigenvalue weighted by Gasteiger charge is 2.27. The third kappa shape index (κ3) is 6.21. The summed E-state index contributed by atoms with van der Waals surface area (Å²) in [6.45, 7) is 1.38. The largest absolute Gasteiger partial charge is 0.497 e. The summed E-state index contributed by atoms with van der Waals surface area (Å²) in [5, 5.41) is 0. The van der Waals surface area contributed by atoms with Gasteiger partial charge in [-0.2, -0.15) is 4.31 Å². The number of hydrazine groups is 1. The molecule has 9 nitrogen and oxygen atoms in total. The van der Waals surface area contributed by atoms with Crippen molar-refractivity contribution < 1.29 is 27.5 Å². The van der Waals surface area contributed by atoms with E-state index < -0.39 is 15.9 Å². The topological polar surface area (TPSA) is 114 Å². The average molecular weight is 462 g/mol. The van der Waals surface area contributed by atoms with Crippen molar-refractivity contribution in [3.8, 4) is 11.5 Å². The summed E-state index contributed by atoms with van der Waals surface area (Å²) in [5.41, 5.74) is 4.92. The third-order valence-corrected chi connectivity index (χ3v) is 6.92. The Labute approximate surface area is 187 Å². The number of ether oxygens (including phenoxy) is 2. The van der Waals surface area contributed by atoms with E-state index >= 15 is 0 Å². The van der Waals surface area contributed by atoms with Crippen LogP contribution in [-0.2, 0) is 14.8 Å². The molecule has 0 aliphatic carbocycles. The van der Waals surface area contributed by atoms with Crippen molar-refractivity contribution in [1.82, 2.24) is 15.2 Å². The van der Waals surface area contributed by atoms with Crippen LogP contribution in [0.25, 0.3) is 0 Å². The fourth-order valence-electron chi connectivity index (χ4n) is 3.21. The molecule has 2 amide bonds. The number of rotatable bonds is 9. The highest BCUT2D eigenvalue weighted by molar-refractivity contribution is 7.89. The summed E-state index contributed by atoms with van der Waals surface area (Å²) in [7, 11) is -1.94. The van der Waals surface area contributed by atoms with Crippen LogP contribution in [-0.4, -0.2) is 51.3 Å². The number of methoxy groups -OCH3 is 1. The van der Waals surface area contributed by atoms with E-state index in [4.69, 9.17) is 9.47 Å². The van der Waals surface area contributed by atoms with E-state index in [0.29, 0.717) is 31.9 Å². The van der Waals surface area contributed by atoms with E-state index in [9.17, 15) is 18.0 Å². The molecule has 1 aliphatic heterocycles. The number of carbonyl (C=O) groups excluding carboxylic acids is 2. The van der Waals surface area contributed by atoms with Crippen LogP contribution in [0.15, 0.2) is 53.4 Å². The van der Waals surface area contributed by atoms with Crippen molar-refractivity contribution in [2.24, 2.45) is 0 Å². The lowest BCUT2D eigenvalue weighted by Gasteiger charge is -2.15. The molecule has 1 fully saturated rings. The molecule has 0 unspecified atom stereocenters. The third-order valence-electron chi connectivity index (χ3n) is 5.01. The number of hydrogen-bond acceptors (Lipinski definition) is 6. The molecular formula is C22H27N3O6S. The molecule has 0 aromatic heterocycles. The van der Waals surface area contributed by atoms with Crippen LogP contribution in [0.2, 0.25) is 0 Å². The molecule has 0 atom stereocenters. The maximum atomic E-state index is 12.5. The molecule has 2 aromatic rings. The molecule has 1 aliphatic rings. The van der Waals surface area contributed by atoms with Crippen molar-refractivity contribution in [1.29, 1.82) is 0 Å². The van der Waals surface area contributed by atoms with Crippen LogP contribution in [0.1, 0.15) is 36.0 Å². The maximum Gasteiger partial charge on any atom is 0.269 e. The molecular weight excluding hydrogens is 434 g/mol. The standard InChI is InChI=1S/C22H27N3O6S/c1-30-18-8-10-19(11-9-18)31-16-4-5-21(26)23-24-22(27)17-6-12-20(13-7-17)32(28,29)25-14-2-3-15-25/h6-13H,2-5,14-16H2,1H3,(H,23,26)(H,24,27). The van der Waals surface area contributed by atoms with Crippen molar-refractivity contribution in [2.75, 3.05) is 26.8 Å². The number of hydrogen-bond donors (Lipinski definition) is 2. The molecule has 10 heteroatoms. The van der Waals surface area contributed by atoms with Crippen molar-refractivity contribution in [2.45, 2.75) is 30.6 Å². The molecule has 0 bridgehead atoms. The zero-order valence-electron chi connectivity index (χ0n) is 17.9. The highest BCUT2D eigenvalue weighted by Crippen LogP contribution is 2.21. The molecule has 2 aromatic carbocycles. The average Bonchev–Trinajstić information content (AvgIpc) is 3.37. The lowest BCUT2D eigenvalue weighted by atomic mass is 10.2. The van der Waals surface area contributed by atoms with Gasteiger partial charge >= 0.3 is 0 Å². The van der Waals surface area contributed by atoms with Crippen LogP contribution < -0.4 is 20.3 Å². The maximum absolute atomic E-state index is 12.5. The molecule has 0 spiro atoms. The Morgan fingerprint density at radius 3 is 2.19 bits per heavy atom. The quantitative estimate of drug-likeness (QED) is 0.437. The molecule has 32 heavy (non-hydrogen) atoms. The second-order valence-electron chi connectivity index (χ2n) is 7.27. The Morgan fingerprint density at radius 2 is 1.56 bits per heavy atom. The Morgan fingerprint density at radius 1 is 0.938 bits per heavy atom. The van der Waals surface area contributed by atoms with E-state index in [-0.39, 0.29) is 22.8 Å². The van der Waals surface area contributed by atoms with Crippen molar-refractivity contribution in [3.05, 3.63) is 54.1 Å². The van der Waals surface area contributed by atoms with Gasteiger partial charge in [-0.1, -0.05) is 0 Å². The summed E-state index contributed by atoms with van der Waals surface area (Å²) in [5.74, 6) is 0.521. The minimum atomic E-state index is -3.53. The first-order valence-corrected chi connectivity index (χ1v) is 11.8. The first-order valence-electron chi connectivity index (χ1n) is 10.4. The summed E-state index contributed by atoms with van der Waals surface area (Å²) >= 11 is 0. The second kappa shape index (κ2) is 11.0. The Hall–Kier alpha value is -3.11.